The fourth-order valence-corrected chi connectivity index (χ4v) is 2.99. The van der Waals surface area contributed by atoms with Gasteiger partial charge in [-0.2, -0.15) is 5.10 Å². The molecule has 3 N–H and O–H groups in total. The van der Waals surface area contributed by atoms with E-state index in [1.54, 1.807) is 7.05 Å². The van der Waals surface area contributed by atoms with Gasteiger partial charge in [0.1, 0.15) is 17.7 Å². The summed E-state index contributed by atoms with van der Waals surface area (Å²) in [5.41, 5.74) is 4.13. The second-order valence-corrected chi connectivity index (χ2v) is 8.14. The van der Waals surface area contributed by atoms with Crippen molar-refractivity contribution in [2.75, 3.05) is 7.05 Å². The molecular weight excluding hydrogens is 376 g/mol. The van der Waals surface area contributed by atoms with Gasteiger partial charge in [-0.1, -0.05) is 30.3 Å². The molecule has 30 heavy (non-hydrogen) atoms. The van der Waals surface area contributed by atoms with E-state index in [0.29, 0.717) is 13.1 Å². The summed E-state index contributed by atoms with van der Waals surface area (Å²) >= 11 is 0. The molecule has 158 valence electrons. The smallest absolute Gasteiger partial charge is 0.191 e. The van der Waals surface area contributed by atoms with Crippen LogP contribution >= 0.6 is 0 Å². The average molecular weight is 407 g/mol. The number of ether oxygens (including phenoxy) is 1. The van der Waals surface area contributed by atoms with Crippen molar-refractivity contribution in [2.24, 2.45) is 4.99 Å². The van der Waals surface area contributed by atoms with E-state index in [1.165, 1.54) is 11.9 Å². The summed E-state index contributed by atoms with van der Waals surface area (Å²) in [6.07, 6.45) is 1.51. The number of rotatable bonds is 6. The van der Waals surface area contributed by atoms with Gasteiger partial charge in [0.2, 0.25) is 0 Å². The molecule has 7 heteroatoms. The van der Waals surface area contributed by atoms with Gasteiger partial charge < -0.3 is 15.4 Å². The third-order valence-corrected chi connectivity index (χ3v) is 4.38. The molecule has 0 fully saturated rings. The topological polar surface area (TPSA) is 87.2 Å². The van der Waals surface area contributed by atoms with Crippen LogP contribution in [0.1, 0.15) is 37.5 Å². The number of guanidine groups is 1. The van der Waals surface area contributed by atoms with Gasteiger partial charge in [0.15, 0.2) is 11.8 Å². The van der Waals surface area contributed by atoms with Gasteiger partial charge in [-0.15, -0.1) is 0 Å². The highest BCUT2D eigenvalue weighted by Gasteiger charge is 2.15. The number of aromatic nitrogens is 3. The van der Waals surface area contributed by atoms with Gasteiger partial charge >= 0.3 is 0 Å². The first kappa shape index (κ1) is 21.4. The normalized spacial score (nSPS) is 12.0. The number of nitrogens with zero attached hydrogens (tertiary/aromatic N) is 3. The first-order valence-electron chi connectivity index (χ1n) is 10.0. The number of aromatic amines is 1. The Morgan fingerprint density at radius 1 is 1.10 bits per heavy atom. The Labute approximate surface area is 178 Å². The van der Waals surface area contributed by atoms with Crippen molar-refractivity contribution < 1.29 is 4.74 Å². The summed E-state index contributed by atoms with van der Waals surface area (Å²) in [6, 6.07) is 14.4. The molecule has 0 aliphatic heterocycles. The number of hydrogen-bond donors (Lipinski definition) is 3. The molecule has 2 aromatic carbocycles. The Kier molecular flexibility index (Phi) is 6.72. The Balaban J connectivity index is 1.62. The lowest BCUT2D eigenvalue weighted by Crippen LogP contribution is -2.36. The minimum atomic E-state index is -0.253. The SMILES string of the molecule is CN=C(NCc1cccc(-c2ncn[nH]2)c1)NCc1ccc(C)cc1OC(C)(C)C. The van der Waals surface area contributed by atoms with Crippen molar-refractivity contribution in [3.05, 3.63) is 65.5 Å². The van der Waals surface area contributed by atoms with Gasteiger partial charge in [0, 0.05) is 31.3 Å². The van der Waals surface area contributed by atoms with E-state index >= 15 is 0 Å². The molecular formula is C23H30N6O. The average Bonchev–Trinajstić information content (AvgIpc) is 3.23. The molecule has 0 aliphatic carbocycles. The lowest BCUT2D eigenvalue weighted by Gasteiger charge is -2.24. The highest BCUT2D eigenvalue weighted by atomic mass is 16.5. The number of aryl methyl sites for hydroxylation is 1. The second kappa shape index (κ2) is 9.43. The molecule has 3 aromatic rings. The molecule has 0 saturated carbocycles. The lowest BCUT2D eigenvalue weighted by molar-refractivity contribution is 0.129. The number of benzene rings is 2. The van der Waals surface area contributed by atoms with Crippen molar-refractivity contribution in [2.45, 2.75) is 46.4 Å². The van der Waals surface area contributed by atoms with Gasteiger partial charge in [-0.05, 0) is 51.0 Å². The molecule has 0 bridgehead atoms. The zero-order valence-electron chi connectivity index (χ0n) is 18.3. The molecule has 0 unspecified atom stereocenters. The molecule has 0 aliphatic rings. The maximum absolute atomic E-state index is 6.14. The van der Waals surface area contributed by atoms with Gasteiger partial charge in [0.05, 0.1) is 0 Å². The zero-order valence-corrected chi connectivity index (χ0v) is 18.3. The standard InChI is InChI=1S/C23H30N6O/c1-16-9-10-19(20(11-16)30-23(2,3)4)14-26-22(24-5)25-13-17-7-6-8-18(12-17)21-27-15-28-29-21/h6-12,15H,13-14H2,1-5H3,(H2,24,25,26)(H,27,28,29). The number of hydrogen-bond acceptors (Lipinski definition) is 4. The third-order valence-electron chi connectivity index (χ3n) is 4.38. The lowest BCUT2D eigenvalue weighted by atomic mass is 10.1. The van der Waals surface area contributed by atoms with Crippen molar-refractivity contribution in [3.63, 3.8) is 0 Å². The summed E-state index contributed by atoms with van der Waals surface area (Å²) in [7, 11) is 1.77. The maximum Gasteiger partial charge on any atom is 0.191 e. The summed E-state index contributed by atoms with van der Waals surface area (Å²) in [6.45, 7) is 9.49. The van der Waals surface area contributed by atoms with E-state index in [4.69, 9.17) is 4.74 Å². The molecule has 1 heterocycles. The van der Waals surface area contributed by atoms with Crippen LogP contribution in [0.2, 0.25) is 0 Å². The van der Waals surface area contributed by atoms with Crippen LogP contribution < -0.4 is 15.4 Å². The van der Waals surface area contributed by atoms with E-state index in [-0.39, 0.29) is 5.60 Å². The Bertz CT molecular complexity index is 989. The van der Waals surface area contributed by atoms with Crippen LogP contribution in [0.3, 0.4) is 0 Å². The minimum absolute atomic E-state index is 0.253. The summed E-state index contributed by atoms with van der Waals surface area (Å²) < 4.78 is 6.14. The molecule has 1 aromatic heterocycles. The fourth-order valence-electron chi connectivity index (χ4n) is 2.99. The Hall–Kier alpha value is -3.35. The summed E-state index contributed by atoms with van der Waals surface area (Å²) in [5, 5.41) is 13.5. The fraction of sp³-hybridized carbons (Fsp3) is 0.348. The van der Waals surface area contributed by atoms with E-state index in [1.807, 2.05) is 12.1 Å². The molecule has 7 nitrogen and oxygen atoms in total. The van der Waals surface area contributed by atoms with E-state index in [9.17, 15) is 0 Å². The van der Waals surface area contributed by atoms with E-state index in [2.05, 4.69) is 88.8 Å². The first-order chi connectivity index (χ1) is 14.3. The van der Waals surface area contributed by atoms with Gasteiger partial charge in [-0.3, -0.25) is 10.1 Å². The molecule has 0 radical (unpaired) electrons. The van der Waals surface area contributed by atoms with E-state index in [0.717, 1.165) is 34.2 Å². The van der Waals surface area contributed by atoms with Crippen molar-refractivity contribution in [3.8, 4) is 17.1 Å². The summed E-state index contributed by atoms with van der Waals surface area (Å²) in [4.78, 5) is 8.54. The van der Waals surface area contributed by atoms with Crippen LogP contribution in [0.5, 0.6) is 5.75 Å². The van der Waals surface area contributed by atoms with Crippen LogP contribution in [0, 0.1) is 6.92 Å². The van der Waals surface area contributed by atoms with Crippen LogP contribution in [0.15, 0.2) is 53.8 Å². The molecule has 0 atom stereocenters. The second-order valence-electron chi connectivity index (χ2n) is 8.14. The van der Waals surface area contributed by atoms with Gasteiger partial charge in [-0.25, -0.2) is 4.98 Å². The Morgan fingerprint density at radius 3 is 2.60 bits per heavy atom. The molecule has 0 saturated heterocycles. The van der Waals surface area contributed by atoms with Crippen LogP contribution in [0.4, 0.5) is 0 Å². The maximum atomic E-state index is 6.14. The zero-order chi connectivity index (χ0) is 21.6. The summed E-state index contributed by atoms with van der Waals surface area (Å²) in [5.74, 6) is 2.37. The molecule has 3 rings (SSSR count). The highest BCUT2D eigenvalue weighted by Crippen LogP contribution is 2.24. The van der Waals surface area contributed by atoms with Crippen LogP contribution in [0.25, 0.3) is 11.4 Å². The van der Waals surface area contributed by atoms with E-state index < -0.39 is 0 Å². The van der Waals surface area contributed by atoms with Crippen molar-refractivity contribution in [1.29, 1.82) is 0 Å². The monoisotopic (exact) mass is 406 g/mol. The van der Waals surface area contributed by atoms with Crippen molar-refractivity contribution >= 4 is 5.96 Å². The van der Waals surface area contributed by atoms with Crippen LogP contribution in [-0.2, 0) is 13.1 Å². The van der Waals surface area contributed by atoms with Gasteiger partial charge in [0.25, 0.3) is 0 Å². The van der Waals surface area contributed by atoms with Crippen molar-refractivity contribution in [1.82, 2.24) is 25.8 Å². The number of H-pyrrole nitrogens is 1. The largest absolute Gasteiger partial charge is 0.488 e. The number of nitrogens with one attached hydrogen (secondary N) is 3. The Morgan fingerprint density at radius 2 is 1.90 bits per heavy atom. The highest BCUT2D eigenvalue weighted by molar-refractivity contribution is 5.79. The first-order valence-corrected chi connectivity index (χ1v) is 10.0. The molecule has 0 amide bonds. The van der Waals surface area contributed by atoms with Crippen LogP contribution in [-0.4, -0.2) is 33.8 Å². The number of aliphatic imine (C=N–C) groups is 1. The minimum Gasteiger partial charge on any atom is -0.488 e. The third kappa shape index (κ3) is 6.07. The predicted octanol–water partition coefficient (Wildman–Crippen LogP) is 3.82. The predicted molar refractivity (Wildman–Crippen MR) is 120 cm³/mol. The molecule has 0 spiro atoms. The quantitative estimate of drug-likeness (QED) is 0.428.